The molecule has 138 valence electrons. The van der Waals surface area contributed by atoms with Gasteiger partial charge in [-0.05, 0) is 58.2 Å². The average Bonchev–Trinajstić information content (AvgIpc) is 3.16. The number of nitrogens with zero attached hydrogens (tertiary/aromatic N) is 4. The van der Waals surface area contributed by atoms with Crippen molar-refractivity contribution in [2.24, 2.45) is 10.4 Å². The van der Waals surface area contributed by atoms with E-state index < -0.39 is 0 Å². The van der Waals surface area contributed by atoms with Gasteiger partial charge in [0.25, 0.3) is 0 Å². The Hall–Kier alpha value is -0.810. The maximum absolute atomic E-state index is 4.97. The Morgan fingerprint density at radius 3 is 2.62 bits per heavy atom. The SMILES string of the molecule is CCNC(=NCCN1CCCN(C)CC1)N1CCC2(CCCC2)C1. The van der Waals surface area contributed by atoms with E-state index >= 15 is 0 Å². The highest BCUT2D eigenvalue weighted by atomic mass is 15.3. The van der Waals surface area contributed by atoms with Crippen LogP contribution in [0.25, 0.3) is 0 Å². The van der Waals surface area contributed by atoms with Crippen molar-refractivity contribution in [2.45, 2.75) is 45.4 Å². The fourth-order valence-corrected chi connectivity index (χ4v) is 4.70. The highest BCUT2D eigenvalue weighted by molar-refractivity contribution is 5.80. The van der Waals surface area contributed by atoms with E-state index in [2.05, 4.69) is 34.0 Å². The van der Waals surface area contributed by atoms with Crippen molar-refractivity contribution in [3.05, 3.63) is 0 Å². The molecule has 0 atom stereocenters. The van der Waals surface area contributed by atoms with E-state index in [4.69, 9.17) is 4.99 Å². The summed E-state index contributed by atoms with van der Waals surface area (Å²) < 4.78 is 0. The summed E-state index contributed by atoms with van der Waals surface area (Å²) in [5, 5.41) is 3.54. The number of aliphatic imine (C=N–C) groups is 1. The van der Waals surface area contributed by atoms with Crippen LogP contribution in [0.3, 0.4) is 0 Å². The van der Waals surface area contributed by atoms with E-state index in [-0.39, 0.29) is 0 Å². The van der Waals surface area contributed by atoms with Crippen LogP contribution in [0.1, 0.15) is 45.4 Å². The van der Waals surface area contributed by atoms with Gasteiger partial charge >= 0.3 is 0 Å². The Kier molecular flexibility index (Phi) is 6.39. The average molecular weight is 336 g/mol. The molecule has 0 unspecified atom stereocenters. The van der Waals surface area contributed by atoms with Crippen molar-refractivity contribution in [3.8, 4) is 0 Å². The van der Waals surface area contributed by atoms with Crippen molar-refractivity contribution in [1.82, 2.24) is 20.0 Å². The number of guanidine groups is 1. The first-order valence-corrected chi connectivity index (χ1v) is 10.1. The molecule has 1 spiro atoms. The first kappa shape index (κ1) is 18.0. The molecule has 2 aliphatic heterocycles. The van der Waals surface area contributed by atoms with E-state index in [1.165, 1.54) is 77.8 Å². The molecule has 3 aliphatic rings. The van der Waals surface area contributed by atoms with Crippen LogP contribution in [0.5, 0.6) is 0 Å². The summed E-state index contributed by atoms with van der Waals surface area (Å²) in [5.41, 5.74) is 0.617. The minimum Gasteiger partial charge on any atom is -0.357 e. The molecule has 0 aromatic carbocycles. The molecule has 1 N–H and O–H groups in total. The van der Waals surface area contributed by atoms with Crippen LogP contribution in [-0.4, -0.2) is 86.6 Å². The lowest BCUT2D eigenvalue weighted by Gasteiger charge is -2.26. The lowest BCUT2D eigenvalue weighted by molar-refractivity contribution is 0.282. The third kappa shape index (κ3) is 4.63. The highest BCUT2D eigenvalue weighted by Gasteiger charge is 2.41. The van der Waals surface area contributed by atoms with Gasteiger partial charge in [-0.15, -0.1) is 0 Å². The summed E-state index contributed by atoms with van der Waals surface area (Å²) in [5.74, 6) is 1.16. The van der Waals surface area contributed by atoms with Gasteiger partial charge in [-0.2, -0.15) is 0 Å². The quantitative estimate of drug-likeness (QED) is 0.628. The monoisotopic (exact) mass is 335 g/mol. The third-order valence-corrected chi connectivity index (χ3v) is 6.23. The standard InChI is InChI=1S/C19H37N5/c1-3-20-18(24-13-9-19(17-24)7-4-5-8-19)21-10-14-23-12-6-11-22(2)15-16-23/h3-17H2,1-2H3,(H,20,21). The van der Waals surface area contributed by atoms with Crippen LogP contribution in [0.15, 0.2) is 4.99 Å². The maximum atomic E-state index is 4.97. The second kappa shape index (κ2) is 8.52. The number of likely N-dealkylation sites (N-methyl/N-ethyl adjacent to an activating group) is 1. The maximum Gasteiger partial charge on any atom is 0.193 e. The van der Waals surface area contributed by atoms with Gasteiger partial charge < -0.3 is 20.0 Å². The van der Waals surface area contributed by atoms with Crippen LogP contribution in [0.4, 0.5) is 0 Å². The van der Waals surface area contributed by atoms with Crippen LogP contribution >= 0.6 is 0 Å². The molecule has 0 radical (unpaired) electrons. The van der Waals surface area contributed by atoms with E-state index in [9.17, 15) is 0 Å². The largest absolute Gasteiger partial charge is 0.357 e. The Morgan fingerprint density at radius 2 is 1.83 bits per heavy atom. The van der Waals surface area contributed by atoms with Crippen molar-refractivity contribution in [2.75, 3.05) is 66.0 Å². The van der Waals surface area contributed by atoms with E-state index in [1.807, 2.05) is 0 Å². The van der Waals surface area contributed by atoms with E-state index in [1.54, 1.807) is 0 Å². The van der Waals surface area contributed by atoms with Crippen molar-refractivity contribution in [1.29, 1.82) is 0 Å². The highest BCUT2D eigenvalue weighted by Crippen LogP contribution is 2.45. The van der Waals surface area contributed by atoms with Crippen molar-refractivity contribution in [3.63, 3.8) is 0 Å². The smallest absolute Gasteiger partial charge is 0.193 e. The van der Waals surface area contributed by atoms with Gasteiger partial charge in [-0.25, -0.2) is 0 Å². The molecular weight excluding hydrogens is 298 g/mol. The van der Waals surface area contributed by atoms with Gasteiger partial charge in [-0.3, -0.25) is 4.99 Å². The van der Waals surface area contributed by atoms with E-state index in [0.717, 1.165) is 25.6 Å². The predicted molar refractivity (Wildman–Crippen MR) is 102 cm³/mol. The van der Waals surface area contributed by atoms with Crippen LogP contribution < -0.4 is 5.32 Å². The molecule has 24 heavy (non-hydrogen) atoms. The number of rotatable bonds is 4. The normalized spacial score (nSPS) is 26.2. The molecular formula is C19H37N5. The minimum absolute atomic E-state index is 0.617. The van der Waals surface area contributed by atoms with Gasteiger partial charge in [0, 0.05) is 39.3 Å². The Bertz CT molecular complexity index is 416. The van der Waals surface area contributed by atoms with Gasteiger partial charge in [0.05, 0.1) is 6.54 Å². The summed E-state index contributed by atoms with van der Waals surface area (Å²) in [6, 6.07) is 0. The molecule has 5 heteroatoms. The summed E-state index contributed by atoms with van der Waals surface area (Å²) >= 11 is 0. The van der Waals surface area contributed by atoms with Crippen molar-refractivity contribution >= 4 is 5.96 Å². The zero-order chi connectivity index (χ0) is 16.8. The third-order valence-electron chi connectivity index (χ3n) is 6.23. The summed E-state index contributed by atoms with van der Waals surface area (Å²) in [6.07, 6.45) is 8.40. The molecule has 1 saturated carbocycles. The summed E-state index contributed by atoms with van der Waals surface area (Å²) in [6.45, 7) is 12.4. The first-order valence-electron chi connectivity index (χ1n) is 10.1. The summed E-state index contributed by atoms with van der Waals surface area (Å²) in [4.78, 5) is 12.5. The second-order valence-corrected chi connectivity index (χ2v) is 8.11. The Labute approximate surface area is 148 Å². The Morgan fingerprint density at radius 1 is 1.00 bits per heavy atom. The van der Waals surface area contributed by atoms with Crippen LogP contribution in [0, 0.1) is 5.41 Å². The summed E-state index contributed by atoms with van der Waals surface area (Å²) in [7, 11) is 2.23. The van der Waals surface area contributed by atoms with Gasteiger partial charge in [-0.1, -0.05) is 12.8 Å². The second-order valence-electron chi connectivity index (χ2n) is 8.11. The van der Waals surface area contributed by atoms with Gasteiger partial charge in [0.1, 0.15) is 0 Å². The molecule has 5 nitrogen and oxygen atoms in total. The fraction of sp³-hybridized carbons (Fsp3) is 0.947. The molecule has 3 rings (SSSR count). The molecule has 2 heterocycles. The van der Waals surface area contributed by atoms with E-state index in [0.29, 0.717) is 5.41 Å². The molecule has 0 bridgehead atoms. The van der Waals surface area contributed by atoms with Crippen LogP contribution in [0.2, 0.25) is 0 Å². The predicted octanol–water partition coefficient (Wildman–Crippen LogP) is 1.86. The lowest BCUT2D eigenvalue weighted by atomic mass is 9.86. The fourth-order valence-electron chi connectivity index (χ4n) is 4.70. The van der Waals surface area contributed by atoms with Crippen LogP contribution in [-0.2, 0) is 0 Å². The lowest BCUT2D eigenvalue weighted by Crippen LogP contribution is -2.41. The molecule has 1 aliphatic carbocycles. The number of hydrogen-bond acceptors (Lipinski definition) is 3. The number of nitrogens with one attached hydrogen (secondary N) is 1. The first-order chi connectivity index (χ1) is 11.7. The molecule has 3 fully saturated rings. The Balaban J connectivity index is 1.50. The molecule has 0 aromatic rings. The van der Waals surface area contributed by atoms with Gasteiger partial charge in [0.2, 0.25) is 0 Å². The van der Waals surface area contributed by atoms with Gasteiger partial charge in [0.15, 0.2) is 5.96 Å². The van der Waals surface area contributed by atoms with Crippen molar-refractivity contribution < 1.29 is 0 Å². The molecule has 0 aromatic heterocycles. The molecule has 0 amide bonds. The molecule has 2 saturated heterocycles. The zero-order valence-corrected chi connectivity index (χ0v) is 15.9. The topological polar surface area (TPSA) is 34.1 Å². The zero-order valence-electron chi connectivity index (χ0n) is 15.9. The number of likely N-dealkylation sites (tertiary alicyclic amines) is 1. The number of hydrogen-bond donors (Lipinski definition) is 1. The minimum atomic E-state index is 0.617.